The van der Waals surface area contributed by atoms with Gasteiger partial charge in [0.05, 0.1) is 13.2 Å². The first-order valence-corrected chi connectivity index (χ1v) is 11.0. The monoisotopic (exact) mass is 386 g/mol. The summed E-state index contributed by atoms with van der Waals surface area (Å²) in [5, 5.41) is 3.58. The highest BCUT2D eigenvalue weighted by atomic mass is 16.5. The van der Waals surface area contributed by atoms with E-state index in [-0.39, 0.29) is 0 Å². The lowest BCUT2D eigenvalue weighted by Crippen LogP contribution is -2.42. The van der Waals surface area contributed by atoms with E-state index < -0.39 is 0 Å². The number of hydrogen-bond acceptors (Lipinski definition) is 3. The van der Waals surface area contributed by atoms with Gasteiger partial charge in [-0.05, 0) is 42.2 Å². The van der Waals surface area contributed by atoms with Gasteiger partial charge in [0.15, 0.2) is 5.96 Å². The van der Waals surface area contributed by atoms with Crippen molar-refractivity contribution in [1.29, 1.82) is 0 Å². The van der Waals surface area contributed by atoms with Crippen LogP contribution in [0, 0.1) is 5.92 Å². The van der Waals surface area contributed by atoms with E-state index >= 15 is 0 Å². The molecular formula is C23H38N4O. The standard InChI is InChI=1S/C23H38N4O/c1-19(2)22-8-6-20(7-9-22)5-4-11-25-23(24-3)27-12-10-21(18-27)17-26-13-15-28-16-14-26/h6-9,19,21H,4-5,10-18H2,1-3H3,(H,24,25). The molecule has 0 bridgehead atoms. The summed E-state index contributed by atoms with van der Waals surface area (Å²) < 4.78 is 5.46. The molecule has 28 heavy (non-hydrogen) atoms. The number of likely N-dealkylation sites (tertiary alicyclic amines) is 1. The summed E-state index contributed by atoms with van der Waals surface area (Å²) in [6.45, 7) is 12.8. The Balaban J connectivity index is 1.36. The molecule has 1 N–H and O–H groups in total. The van der Waals surface area contributed by atoms with Crippen LogP contribution in [-0.4, -0.2) is 75.3 Å². The van der Waals surface area contributed by atoms with Crippen molar-refractivity contribution in [2.45, 2.75) is 39.0 Å². The normalized spacial score (nSPS) is 21.5. The van der Waals surface area contributed by atoms with Crippen LogP contribution in [0.5, 0.6) is 0 Å². The third kappa shape index (κ3) is 6.21. The van der Waals surface area contributed by atoms with Crippen LogP contribution < -0.4 is 5.32 Å². The van der Waals surface area contributed by atoms with Crippen molar-refractivity contribution in [3.05, 3.63) is 35.4 Å². The number of ether oxygens (including phenoxy) is 1. The van der Waals surface area contributed by atoms with E-state index in [0.29, 0.717) is 5.92 Å². The minimum Gasteiger partial charge on any atom is -0.379 e. The maximum absolute atomic E-state index is 5.46. The lowest BCUT2D eigenvalue weighted by molar-refractivity contribution is 0.0315. The van der Waals surface area contributed by atoms with Gasteiger partial charge in [-0.2, -0.15) is 0 Å². The van der Waals surface area contributed by atoms with Gasteiger partial charge in [-0.3, -0.25) is 9.89 Å². The van der Waals surface area contributed by atoms with Gasteiger partial charge in [0.1, 0.15) is 0 Å². The summed E-state index contributed by atoms with van der Waals surface area (Å²) in [5.74, 6) is 2.42. The lowest BCUT2D eigenvalue weighted by Gasteiger charge is -2.29. The summed E-state index contributed by atoms with van der Waals surface area (Å²) in [4.78, 5) is 9.51. The number of nitrogens with zero attached hydrogens (tertiary/aromatic N) is 3. The predicted molar refractivity (Wildman–Crippen MR) is 117 cm³/mol. The Bertz CT molecular complexity index is 608. The highest BCUT2D eigenvalue weighted by Crippen LogP contribution is 2.18. The molecule has 5 nitrogen and oxygen atoms in total. The highest BCUT2D eigenvalue weighted by Gasteiger charge is 2.26. The molecule has 0 spiro atoms. The van der Waals surface area contributed by atoms with Crippen molar-refractivity contribution in [2.75, 3.05) is 59.5 Å². The second-order valence-corrected chi connectivity index (χ2v) is 8.49. The Labute approximate surface area is 171 Å². The van der Waals surface area contributed by atoms with E-state index in [0.717, 1.165) is 70.7 Å². The van der Waals surface area contributed by atoms with Gasteiger partial charge < -0.3 is 15.0 Å². The Morgan fingerprint density at radius 1 is 1.18 bits per heavy atom. The molecule has 0 aliphatic carbocycles. The van der Waals surface area contributed by atoms with E-state index in [1.165, 1.54) is 24.1 Å². The van der Waals surface area contributed by atoms with E-state index in [1.54, 1.807) is 0 Å². The van der Waals surface area contributed by atoms with Crippen molar-refractivity contribution < 1.29 is 4.74 Å². The first-order chi connectivity index (χ1) is 13.7. The van der Waals surface area contributed by atoms with Crippen LogP contribution in [0.1, 0.15) is 43.7 Å². The zero-order chi connectivity index (χ0) is 19.8. The van der Waals surface area contributed by atoms with Crippen LogP contribution in [0.25, 0.3) is 0 Å². The molecule has 0 radical (unpaired) electrons. The topological polar surface area (TPSA) is 40.1 Å². The molecule has 2 heterocycles. The smallest absolute Gasteiger partial charge is 0.193 e. The molecule has 1 aromatic rings. The van der Waals surface area contributed by atoms with Crippen LogP contribution in [0.4, 0.5) is 0 Å². The van der Waals surface area contributed by atoms with Gasteiger partial charge in [-0.1, -0.05) is 38.1 Å². The number of aliphatic imine (C=N–C) groups is 1. The van der Waals surface area contributed by atoms with E-state index in [2.05, 4.69) is 58.2 Å². The first kappa shape index (κ1) is 21.1. The Morgan fingerprint density at radius 3 is 2.61 bits per heavy atom. The summed E-state index contributed by atoms with van der Waals surface area (Å²) in [6.07, 6.45) is 3.51. The molecule has 0 aromatic heterocycles. The van der Waals surface area contributed by atoms with E-state index in [1.807, 2.05) is 7.05 Å². The molecule has 2 fully saturated rings. The Kier molecular flexibility index (Phi) is 8.16. The van der Waals surface area contributed by atoms with Gasteiger partial charge in [-0.15, -0.1) is 0 Å². The molecular weight excluding hydrogens is 348 g/mol. The maximum atomic E-state index is 5.46. The van der Waals surface area contributed by atoms with Crippen molar-refractivity contribution in [3.63, 3.8) is 0 Å². The van der Waals surface area contributed by atoms with E-state index in [4.69, 9.17) is 4.74 Å². The molecule has 1 unspecified atom stereocenters. The molecule has 0 amide bonds. The molecule has 0 saturated carbocycles. The van der Waals surface area contributed by atoms with Crippen molar-refractivity contribution in [1.82, 2.24) is 15.1 Å². The van der Waals surface area contributed by atoms with Crippen molar-refractivity contribution >= 4 is 5.96 Å². The quantitative estimate of drug-likeness (QED) is 0.444. The lowest BCUT2D eigenvalue weighted by atomic mass is 10.0. The Hall–Kier alpha value is -1.59. The molecule has 156 valence electrons. The number of aryl methyl sites for hydroxylation is 1. The van der Waals surface area contributed by atoms with Crippen LogP contribution in [0.2, 0.25) is 0 Å². The summed E-state index contributed by atoms with van der Waals surface area (Å²) >= 11 is 0. The molecule has 2 saturated heterocycles. The summed E-state index contributed by atoms with van der Waals surface area (Å²) in [7, 11) is 1.91. The zero-order valence-electron chi connectivity index (χ0n) is 18.0. The number of rotatable bonds is 7. The second kappa shape index (κ2) is 10.8. The van der Waals surface area contributed by atoms with Crippen LogP contribution in [0.15, 0.2) is 29.3 Å². The predicted octanol–water partition coefficient (Wildman–Crippen LogP) is 2.97. The SMILES string of the molecule is CN=C(NCCCc1ccc(C(C)C)cc1)N1CCC(CN2CCOCC2)C1. The fourth-order valence-corrected chi connectivity index (χ4v) is 4.22. The molecule has 1 aromatic carbocycles. The second-order valence-electron chi connectivity index (χ2n) is 8.49. The number of guanidine groups is 1. The molecule has 2 aliphatic rings. The minimum atomic E-state index is 0.603. The molecule has 1 atom stereocenters. The fourth-order valence-electron chi connectivity index (χ4n) is 4.22. The number of morpholine rings is 1. The fraction of sp³-hybridized carbons (Fsp3) is 0.696. The molecule has 5 heteroatoms. The summed E-state index contributed by atoms with van der Waals surface area (Å²) in [5.41, 5.74) is 2.84. The highest BCUT2D eigenvalue weighted by molar-refractivity contribution is 5.80. The van der Waals surface area contributed by atoms with Crippen molar-refractivity contribution in [3.8, 4) is 0 Å². The Morgan fingerprint density at radius 2 is 1.93 bits per heavy atom. The van der Waals surface area contributed by atoms with Gasteiger partial charge in [0.25, 0.3) is 0 Å². The third-order valence-corrected chi connectivity index (χ3v) is 5.99. The molecule has 2 aliphatic heterocycles. The largest absolute Gasteiger partial charge is 0.379 e. The van der Waals surface area contributed by atoms with Gasteiger partial charge in [0.2, 0.25) is 0 Å². The maximum Gasteiger partial charge on any atom is 0.193 e. The minimum absolute atomic E-state index is 0.603. The zero-order valence-corrected chi connectivity index (χ0v) is 18.0. The number of hydrogen-bond donors (Lipinski definition) is 1. The van der Waals surface area contributed by atoms with Crippen LogP contribution >= 0.6 is 0 Å². The third-order valence-electron chi connectivity index (χ3n) is 5.99. The van der Waals surface area contributed by atoms with Crippen LogP contribution in [-0.2, 0) is 11.2 Å². The number of benzene rings is 1. The average Bonchev–Trinajstić information content (AvgIpc) is 3.17. The van der Waals surface area contributed by atoms with Gasteiger partial charge in [0, 0.05) is 46.3 Å². The summed E-state index contributed by atoms with van der Waals surface area (Å²) in [6, 6.07) is 9.10. The van der Waals surface area contributed by atoms with Crippen molar-refractivity contribution in [2.24, 2.45) is 10.9 Å². The molecule has 3 rings (SSSR count). The number of nitrogens with one attached hydrogen (secondary N) is 1. The van der Waals surface area contributed by atoms with Gasteiger partial charge in [-0.25, -0.2) is 0 Å². The average molecular weight is 387 g/mol. The van der Waals surface area contributed by atoms with Gasteiger partial charge >= 0.3 is 0 Å². The first-order valence-electron chi connectivity index (χ1n) is 11.0. The van der Waals surface area contributed by atoms with E-state index in [9.17, 15) is 0 Å². The van der Waals surface area contributed by atoms with Crippen LogP contribution in [0.3, 0.4) is 0 Å².